The van der Waals surface area contributed by atoms with Crippen molar-refractivity contribution in [2.24, 2.45) is 0 Å². The third-order valence-corrected chi connectivity index (χ3v) is 3.87. The molecule has 0 fully saturated rings. The highest BCUT2D eigenvalue weighted by molar-refractivity contribution is 6.31. The number of nitrogens with zero attached hydrogens (tertiary/aromatic N) is 1. The summed E-state index contributed by atoms with van der Waals surface area (Å²) >= 11 is 6.07. The van der Waals surface area contributed by atoms with Gasteiger partial charge in [-0.2, -0.15) is 0 Å². The molecule has 0 amide bonds. The number of ether oxygens (including phenoxy) is 2. The second kappa shape index (κ2) is 6.55. The van der Waals surface area contributed by atoms with Crippen molar-refractivity contribution < 1.29 is 13.9 Å². The number of halogens is 2. The molecule has 2 aromatic carbocycles. The predicted octanol–water partition coefficient (Wildman–Crippen LogP) is 3.88. The van der Waals surface area contributed by atoms with Crippen LogP contribution in [-0.2, 0) is 13.1 Å². The lowest BCUT2D eigenvalue weighted by atomic mass is 10.1. The van der Waals surface area contributed by atoms with Crippen LogP contribution >= 0.6 is 11.6 Å². The first-order valence-electron chi connectivity index (χ1n) is 7.13. The van der Waals surface area contributed by atoms with Crippen molar-refractivity contribution in [2.45, 2.75) is 13.1 Å². The molecule has 0 bridgehead atoms. The lowest BCUT2D eigenvalue weighted by molar-refractivity contribution is 0.171. The number of fused-ring (bicyclic) bond motifs is 1. The van der Waals surface area contributed by atoms with Gasteiger partial charge < -0.3 is 9.47 Å². The number of rotatable bonds is 4. The Morgan fingerprint density at radius 3 is 2.59 bits per heavy atom. The normalized spacial score (nSPS) is 13.5. The molecule has 0 aromatic heterocycles. The largest absolute Gasteiger partial charge is 0.486 e. The van der Waals surface area contributed by atoms with E-state index in [1.54, 1.807) is 6.07 Å². The monoisotopic (exact) mass is 321 g/mol. The highest BCUT2D eigenvalue weighted by atomic mass is 35.5. The molecule has 1 aliphatic heterocycles. The van der Waals surface area contributed by atoms with Gasteiger partial charge in [0.25, 0.3) is 0 Å². The van der Waals surface area contributed by atoms with Gasteiger partial charge in [-0.15, -0.1) is 0 Å². The molecule has 22 heavy (non-hydrogen) atoms. The van der Waals surface area contributed by atoms with E-state index in [-0.39, 0.29) is 5.82 Å². The smallest absolute Gasteiger partial charge is 0.161 e. The van der Waals surface area contributed by atoms with Crippen LogP contribution in [0.15, 0.2) is 36.4 Å². The first kappa shape index (κ1) is 15.1. The fourth-order valence-corrected chi connectivity index (χ4v) is 2.72. The molecule has 3 nitrogen and oxygen atoms in total. The summed E-state index contributed by atoms with van der Waals surface area (Å²) in [6.07, 6.45) is 0. The van der Waals surface area contributed by atoms with Crippen LogP contribution in [0.1, 0.15) is 11.1 Å². The Balaban J connectivity index is 1.67. The van der Waals surface area contributed by atoms with Crippen LogP contribution in [0.25, 0.3) is 0 Å². The molecule has 0 atom stereocenters. The summed E-state index contributed by atoms with van der Waals surface area (Å²) in [7, 11) is 2.00. The van der Waals surface area contributed by atoms with Gasteiger partial charge in [0.2, 0.25) is 0 Å². The molecular weight excluding hydrogens is 305 g/mol. The summed E-state index contributed by atoms with van der Waals surface area (Å²) in [5.74, 6) is 1.26. The van der Waals surface area contributed by atoms with Crippen LogP contribution < -0.4 is 9.47 Å². The van der Waals surface area contributed by atoms with Crippen molar-refractivity contribution in [3.8, 4) is 11.5 Å². The Morgan fingerprint density at radius 2 is 1.82 bits per heavy atom. The van der Waals surface area contributed by atoms with Crippen molar-refractivity contribution in [1.82, 2.24) is 4.90 Å². The van der Waals surface area contributed by atoms with Crippen LogP contribution in [0.4, 0.5) is 4.39 Å². The maximum absolute atomic E-state index is 13.1. The summed E-state index contributed by atoms with van der Waals surface area (Å²) in [4.78, 5) is 2.12. The Bertz CT molecular complexity index is 678. The quantitative estimate of drug-likeness (QED) is 0.853. The molecule has 5 heteroatoms. The van der Waals surface area contributed by atoms with Gasteiger partial charge in [0.15, 0.2) is 11.5 Å². The SMILES string of the molecule is CN(Cc1ccc2c(c1)OCCO2)Cc1ccc(F)cc1Cl. The third-order valence-electron chi connectivity index (χ3n) is 3.51. The zero-order valence-corrected chi connectivity index (χ0v) is 13.1. The molecule has 1 aliphatic rings. The van der Waals surface area contributed by atoms with E-state index in [4.69, 9.17) is 21.1 Å². The van der Waals surface area contributed by atoms with E-state index in [2.05, 4.69) is 4.90 Å². The second-order valence-corrected chi connectivity index (χ2v) is 5.79. The zero-order valence-electron chi connectivity index (χ0n) is 12.3. The Hall–Kier alpha value is -1.78. The van der Waals surface area contributed by atoms with E-state index in [9.17, 15) is 4.39 Å². The lowest BCUT2D eigenvalue weighted by Crippen LogP contribution is -2.19. The van der Waals surface area contributed by atoms with Crippen molar-refractivity contribution in [1.29, 1.82) is 0 Å². The van der Waals surface area contributed by atoms with E-state index in [1.807, 2.05) is 25.2 Å². The van der Waals surface area contributed by atoms with Crippen LogP contribution in [0, 0.1) is 5.82 Å². The van der Waals surface area contributed by atoms with E-state index < -0.39 is 0 Å². The van der Waals surface area contributed by atoms with Crippen LogP contribution in [0.3, 0.4) is 0 Å². The number of hydrogen-bond donors (Lipinski definition) is 0. The van der Waals surface area contributed by atoms with Gasteiger partial charge in [-0.05, 0) is 42.4 Å². The average molecular weight is 322 g/mol. The fraction of sp³-hybridized carbons (Fsp3) is 0.294. The Morgan fingerprint density at radius 1 is 1.05 bits per heavy atom. The third kappa shape index (κ3) is 3.51. The van der Waals surface area contributed by atoms with Crippen LogP contribution in [0.5, 0.6) is 11.5 Å². The minimum atomic E-state index is -0.316. The first-order chi connectivity index (χ1) is 10.6. The molecule has 2 aromatic rings. The standard InChI is InChI=1S/C17H17ClFNO2/c1-20(11-13-3-4-14(19)9-15(13)18)10-12-2-5-16-17(8-12)22-7-6-21-16/h2-5,8-9H,6-7,10-11H2,1H3. The van der Waals surface area contributed by atoms with E-state index in [0.717, 1.165) is 29.2 Å². The minimum absolute atomic E-state index is 0.316. The predicted molar refractivity (Wildman–Crippen MR) is 84.0 cm³/mol. The second-order valence-electron chi connectivity index (χ2n) is 5.39. The van der Waals surface area contributed by atoms with E-state index in [1.165, 1.54) is 12.1 Å². The average Bonchev–Trinajstić information content (AvgIpc) is 2.50. The minimum Gasteiger partial charge on any atom is -0.486 e. The van der Waals surface area contributed by atoms with Gasteiger partial charge in [-0.3, -0.25) is 4.90 Å². The summed E-state index contributed by atoms with van der Waals surface area (Å²) in [6.45, 7) is 2.56. The maximum Gasteiger partial charge on any atom is 0.161 e. The van der Waals surface area contributed by atoms with E-state index in [0.29, 0.717) is 24.8 Å². The molecule has 0 saturated heterocycles. The molecule has 0 radical (unpaired) electrons. The van der Waals surface area contributed by atoms with Gasteiger partial charge in [0.05, 0.1) is 0 Å². The molecule has 0 aliphatic carbocycles. The molecular formula is C17H17ClFNO2. The first-order valence-corrected chi connectivity index (χ1v) is 7.50. The zero-order chi connectivity index (χ0) is 15.5. The summed E-state index contributed by atoms with van der Waals surface area (Å²) in [5, 5.41) is 0.453. The lowest BCUT2D eigenvalue weighted by Gasteiger charge is -2.21. The fourth-order valence-electron chi connectivity index (χ4n) is 2.49. The molecule has 116 valence electrons. The molecule has 0 spiro atoms. The van der Waals surface area contributed by atoms with Crippen molar-refractivity contribution in [3.63, 3.8) is 0 Å². The van der Waals surface area contributed by atoms with Gasteiger partial charge >= 0.3 is 0 Å². The van der Waals surface area contributed by atoms with Gasteiger partial charge in [0.1, 0.15) is 19.0 Å². The Labute approximate surface area is 134 Å². The van der Waals surface area contributed by atoms with Crippen molar-refractivity contribution >= 4 is 11.6 Å². The van der Waals surface area contributed by atoms with Gasteiger partial charge in [-0.1, -0.05) is 23.7 Å². The van der Waals surface area contributed by atoms with Crippen molar-refractivity contribution in [2.75, 3.05) is 20.3 Å². The topological polar surface area (TPSA) is 21.7 Å². The maximum atomic E-state index is 13.1. The highest BCUT2D eigenvalue weighted by Crippen LogP contribution is 2.31. The molecule has 0 saturated carbocycles. The molecule has 3 rings (SSSR count). The summed E-state index contributed by atoms with van der Waals surface area (Å²) in [6, 6.07) is 10.4. The number of hydrogen-bond acceptors (Lipinski definition) is 3. The molecule has 1 heterocycles. The van der Waals surface area contributed by atoms with Crippen LogP contribution in [-0.4, -0.2) is 25.2 Å². The molecule has 0 unspecified atom stereocenters. The summed E-state index contributed by atoms with van der Waals surface area (Å²) in [5.41, 5.74) is 2.04. The highest BCUT2D eigenvalue weighted by Gasteiger charge is 2.13. The van der Waals surface area contributed by atoms with E-state index >= 15 is 0 Å². The molecule has 0 N–H and O–H groups in total. The summed E-state index contributed by atoms with van der Waals surface area (Å²) < 4.78 is 24.2. The van der Waals surface area contributed by atoms with Crippen LogP contribution in [0.2, 0.25) is 5.02 Å². The van der Waals surface area contributed by atoms with Gasteiger partial charge in [-0.25, -0.2) is 4.39 Å². The van der Waals surface area contributed by atoms with Crippen molar-refractivity contribution in [3.05, 3.63) is 58.4 Å². The Kier molecular flexibility index (Phi) is 4.50. The number of benzene rings is 2. The van der Waals surface area contributed by atoms with Gasteiger partial charge in [0, 0.05) is 18.1 Å².